The van der Waals surface area contributed by atoms with E-state index in [1.165, 1.54) is 6.07 Å². The van der Waals surface area contributed by atoms with Crippen molar-refractivity contribution in [2.45, 2.75) is 19.4 Å². The number of benzene rings is 2. The van der Waals surface area contributed by atoms with E-state index in [1.54, 1.807) is 18.3 Å². The number of nitrogens with one attached hydrogen (secondary N) is 2. The van der Waals surface area contributed by atoms with Crippen LogP contribution in [0.25, 0.3) is 22.3 Å². The smallest absolute Gasteiger partial charge is 0.183 e. The van der Waals surface area contributed by atoms with Crippen molar-refractivity contribution < 1.29 is 4.39 Å². The first-order valence-electron chi connectivity index (χ1n) is 10.0. The average Bonchev–Trinajstić information content (AvgIpc) is 3.14. The van der Waals surface area contributed by atoms with Gasteiger partial charge in [-0.1, -0.05) is 12.1 Å². The van der Waals surface area contributed by atoms with Gasteiger partial charge in [0.2, 0.25) is 0 Å². The van der Waals surface area contributed by atoms with E-state index in [0.717, 1.165) is 59.6 Å². The Balaban J connectivity index is 1.37. The van der Waals surface area contributed by atoms with Gasteiger partial charge in [-0.25, -0.2) is 9.37 Å². The van der Waals surface area contributed by atoms with Gasteiger partial charge in [-0.05, 0) is 49.2 Å². The number of H-pyrrole nitrogens is 1. The number of rotatable bonds is 4. The van der Waals surface area contributed by atoms with Gasteiger partial charge in [-0.2, -0.15) is 10.2 Å². The van der Waals surface area contributed by atoms with Crippen LogP contribution in [-0.4, -0.2) is 51.1 Å². The molecule has 2 aromatic carbocycles. The van der Waals surface area contributed by atoms with Crippen molar-refractivity contribution in [2.75, 3.05) is 24.5 Å². The van der Waals surface area contributed by atoms with Crippen LogP contribution in [0.15, 0.2) is 48.7 Å². The molecule has 0 radical (unpaired) electrons. The molecule has 5 rings (SSSR count). The maximum absolute atomic E-state index is 13.5. The Bertz CT molecular complexity index is 1190. The molecule has 2 N–H and O–H groups in total. The highest BCUT2D eigenvalue weighted by Gasteiger charge is 2.22. The summed E-state index contributed by atoms with van der Waals surface area (Å²) in [4.78, 5) is 6.99. The fourth-order valence-electron chi connectivity index (χ4n) is 3.97. The monoisotopic (exact) mass is 403 g/mol. The lowest BCUT2D eigenvalue weighted by atomic mass is 10.0. The second-order valence-electron chi connectivity index (χ2n) is 7.64. The fourth-order valence-corrected chi connectivity index (χ4v) is 3.97. The highest BCUT2D eigenvalue weighted by Crippen LogP contribution is 2.24. The van der Waals surface area contributed by atoms with Crippen molar-refractivity contribution in [3.8, 4) is 11.4 Å². The van der Waals surface area contributed by atoms with Crippen molar-refractivity contribution in [1.82, 2.24) is 30.7 Å². The van der Waals surface area contributed by atoms with Crippen LogP contribution < -0.4 is 10.2 Å². The van der Waals surface area contributed by atoms with Gasteiger partial charge in [-0.3, -0.25) is 5.10 Å². The van der Waals surface area contributed by atoms with Crippen LogP contribution in [0.1, 0.15) is 11.3 Å². The lowest BCUT2D eigenvalue weighted by molar-refractivity contribution is 0.451. The van der Waals surface area contributed by atoms with Crippen LogP contribution in [0.4, 0.5) is 10.2 Å². The minimum Gasteiger partial charge on any atom is -0.352 e. The van der Waals surface area contributed by atoms with E-state index >= 15 is 0 Å². The molecule has 7 nitrogen and oxygen atoms in total. The molecule has 1 aliphatic rings. The first-order chi connectivity index (χ1) is 14.7. The van der Waals surface area contributed by atoms with E-state index in [1.807, 2.05) is 31.2 Å². The molecule has 0 amide bonds. The summed E-state index contributed by atoms with van der Waals surface area (Å²) in [5.41, 5.74) is 3.83. The largest absolute Gasteiger partial charge is 0.352 e. The molecule has 2 aromatic heterocycles. The number of aromatic nitrogens is 5. The summed E-state index contributed by atoms with van der Waals surface area (Å²) in [6.07, 6.45) is 2.46. The van der Waals surface area contributed by atoms with Gasteiger partial charge in [0.1, 0.15) is 5.82 Å². The van der Waals surface area contributed by atoms with E-state index in [9.17, 15) is 4.39 Å². The van der Waals surface area contributed by atoms with Gasteiger partial charge >= 0.3 is 0 Å². The first-order valence-corrected chi connectivity index (χ1v) is 10.0. The number of aromatic amines is 1. The zero-order valence-corrected chi connectivity index (χ0v) is 16.6. The number of anilines is 1. The molecule has 1 fully saturated rings. The maximum atomic E-state index is 13.5. The first kappa shape index (κ1) is 18.6. The molecule has 1 atom stereocenters. The molecule has 30 heavy (non-hydrogen) atoms. The second kappa shape index (κ2) is 7.79. The van der Waals surface area contributed by atoms with Crippen LogP contribution in [0.3, 0.4) is 0 Å². The summed E-state index contributed by atoms with van der Waals surface area (Å²) in [7, 11) is 0. The van der Waals surface area contributed by atoms with Crippen LogP contribution in [0.5, 0.6) is 0 Å². The summed E-state index contributed by atoms with van der Waals surface area (Å²) in [6.45, 7) is 4.41. The third kappa shape index (κ3) is 3.73. The molecule has 0 spiro atoms. The summed E-state index contributed by atoms with van der Waals surface area (Å²) in [6, 6.07) is 13.0. The van der Waals surface area contributed by atoms with Gasteiger partial charge in [0, 0.05) is 36.6 Å². The molecule has 1 unspecified atom stereocenters. The van der Waals surface area contributed by atoms with Gasteiger partial charge in [0.25, 0.3) is 0 Å². The SMILES string of the molecule is Cc1n[nH]c2ccc(-c3nncc(N4CCNC(Cc5cccc(F)c5)C4)n3)cc12. The fraction of sp³-hybridized carbons (Fsp3) is 0.273. The molecule has 0 aliphatic carbocycles. The molecule has 4 aromatic rings. The summed E-state index contributed by atoms with van der Waals surface area (Å²) in [5, 5.41) is 20.3. The van der Waals surface area contributed by atoms with Gasteiger partial charge in [-0.15, -0.1) is 5.10 Å². The van der Waals surface area contributed by atoms with Crippen molar-refractivity contribution in [3.05, 3.63) is 65.7 Å². The third-order valence-electron chi connectivity index (χ3n) is 5.51. The summed E-state index contributed by atoms with van der Waals surface area (Å²) < 4.78 is 13.5. The molecule has 8 heteroatoms. The molecule has 3 heterocycles. The number of hydrogen-bond acceptors (Lipinski definition) is 6. The quantitative estimate of drug-likeness (QED) is 0.545. The Hall–Kier alpha value is -3.39. The Morgan fingerprint density at radius 1 is 1.20 bits per heavy atom. The normalized spacial score (nSPS) is 16.9. The molecule has 152 valence electrons. The molecule has 0 bridgehead atoms. The van der Waals surface area contributed by atoms with E-state index in [0.29, 0.717) is 5.82 Å². The Kier molecular flexibility index (Phi) is 4.84. The number of aryl methyl sites for hydroxylation is 1. The zero-order chi connectivity index (χ0) is 20.5. The third-order valence-corrected chi connectivity index (χ3v) is 5.51. The van der Waals surface area contributed by atoms with Crippen LogP contribution >= 0.6 is 0 Å². The van der Waals surface area contributed by atoms with E-state index in [4.69, 9.17) is 4.98 Å². The number of fused-ring (bicyclic) bond motifs is 1. The lowest BCUT2D eigenvalue weighted by Crippen LogP contribution is -2.52. The topological polar surface area (TPSA) is 82.6 Å². The lowest BCUT2D eigenvalue weighted by Gasteiger charge is -2.34. The van der Waals surface area contributed by atoms with Crippen LogP contribution in [-0.2, 0) is 6.42 Å². The van der Waals surface area contributed by atoms with Crippen molar-refractivity contribution in [3.63, 3.8) is 0 Å². The Morgan fingerprint density at radius 3 is 3.03 bits per heavy atom. The molecular weight excluding hydrogens is 381 g/mol. The van der Waals surface area contributed by atoms with Crippen LogP contribution in [0, 0.1) is 12.7 Å². The predicted octanol–water partition coefficient (Wildman–Crippen LogP) is 2.88. The van der Waals surface area contributed by atoms with E-state index in [2.05, 4.69) is 30.6 Å². The van der Waals surface area contributed by atoms with Gasteiger partial charge in [0.05, 0.1) is 17.4 Å². The van der Waals surface area contributed by atoms with Gasteiger partial charge < -0.3 is 10.2 Å². The second-order valence-corrected chi connectivity index (χ2v) is 7.64. The van der Waals surface area contributed by atoms with Crippen molar-refractivity contribution >= 4 is 16.7 Å². The van der Waals surface area contributed by atoms with Crippen molar-refractivity contribution in [1.29, 1.82) is 0 Å². The standard InChI is InChI=1S/C22H22FN7/c1-14-19-11-16(5-6-20(19)28-27-14)22-26-21(12-25-29-22)30-8-7-24-18(13-30)10-15-3-2-4-17(23)9-15/h2-6,9,11-12,18,24H,7-8,10,13H2,1H3,(H,27,28). The Labute approximate surface area is 173 Å². The summed E-state index contributed by atoms with van der Waals surface area (Å²) in [5.74, 6) is 1.19. The number of nitrogens with zero attached hydrogens (tertiary/aromatic N) is 5. The van der Waals surface area contributed by atoms with Crippen molar-refractivity contribution in [2.24, 2.45) is 0 Å². The zero-order valence-electron chi connectivity index (χ0n) is 16.6. The predicted molar refractivity (Wildman–Crippen MR) is 114 cm³/mol. The summed E-state index contributed by atoms with van der Waals surface area (Å²) >= 11 is 0. The maximum Gasteiger partial charge on any atom is 0.183 e. The minimum atomic E-state index is -0.199. The van der Waals surface area contributed by atoms with Gasteiger partial charge in [0.15, 0.2) is 11.6 Å². The number of hydrogen-bond donors (Lipinski definition) is 2. The number of halogens is 1. The molecular formula is C22H22FN7. The molecule has 1 aliphatic heterocycles. The highest BCUT2D eigenvalue weighted by molar-refractivity contribution is 5.85. The van der Waals surface area contributed by atoms with E-state index < -0.39 is 0 Å². The van der Waals surface area contributed by atoms with E-state index in [-0.39, 0.29) is 11.9 Å². The Morgan fingerprint density at radius 2 is 2.13 bits per heavy atom. The molecule has 0 saturated carbocycles. The highest BCUT2D eigenvalue weighted by atomic mass is 19.1. The minimum absolute atomic E-state index is 0.199. The number of piperazine rings is 1. The van der Waals surface area contributed by atoms with Crippen LogP contribution in [0.2, 0.25) is 0 Å². The molecule has 1 saturated heterocycles. The average molecular weight is 403 g/mol.